The number of thiazole rings is 1. The number of amides is 1. The molecule has 0 fully saturated rings. The van der Waals surface area contributed by atoms with E-state index in [1.165, 1.54) is 23.5 Å². The highest BCUT2D eigenvalue weighted by Crippen LogP contribution is 2.33. The molecule has 3 rings (SSSR count). The van der Waals surface area contributed by atoms with Crippen LogP contribution in [0, 0.1) is 6.92 Å². The van der Waals surface area contributed by atoms with E-state index in [4.69, 9.17) is 4.74 Å². The number of aromatic nitrogens is 1. The van der Waals surface area contributed by atoms with Gasteiger partial charge in [0.15, 0.2) is 5.13 Å². The molecule has 0 aliphatic carbocycles. The monoisotopic (exact) mass is 404 g/mol. The number of alkyl halides is 2. The maximum Gasteiger partial charge on any atom is 0.387 e. The van der Waals surface area contributed by atoms with Gasteiger partial charge < -0.3 is 14.8 Å². The molecule has 28 heavy (non-hydrogen) atoms. The largest absolute Gasteiger partial charge is 0.496 e. The molecule has 8 heteroatoms. The zero-order valence-electron chi connectivity index (χ0n) is 15.2. The van der Waals surface area contributed by atoms with E-state index in [2.05, 4.69) is 15.0 Å². The molecular weight excluding hydrogens is 386 g/mol. The van der Waals surface area contributed by atoms with E-state index in [-0.39, 0.29) is 18.1 Å². The number of carbonyl (C=O) groups excluding carboxylic acids is 1. The first-order valence-corrected chi connectivity index (χ1v) is 9.26. The molecule has 0 unspecified atom stereocenters. The second kappa shape index (κ2) is 8.79. The van der Waals surface area contributed by atoms with Crippen molar-refractivity contribution >= 4 is 22.4 Å². The van der Waals surface area contributed by atoms with Gasteiger partial charge in [0.05, 0.1) is 19.2 Å². The Morgan fingerprint density at radius 2 is 1.96 bits per heavy atom. The number of carbonyl (C=O) groups is 1. The molecule has 5 nitrogen and oxygen atoms in total. The molecule has 1 aromatic heterocycles. The fourth-order valence-corrected chi connectivity index (χ4v) is 3.34. The van der Waals surface area contributed by atoms with Crippen LogP contribution in [0.3, 0.4) is 0 Å². The normalized spacial score (nSPS) is 10.8. The van der Waals surface area contributed by atoms with Gasteiger partial charge in [0.1, 0.15) is 11.5 Å². The van der Waals surface area contributed by atoms with Gasteiger partial charge >= 0.3 is 6.61 Å². The first kappa shape index (κ1) is 19.8. The minimum absolute atomic E-state index is 0.0517. The molecule has 0 saturated heterocycles. The topological polar surface area (TPSA) is 60.5 Å². The molecular formula is C20H18F2N2O3S. The molecule has 3 aromatic rings. The lowest BCUT2D eigenvalue weighted by Crippen LogP contribution is -2.14. The van der Waals surface area contributed by atoms with Crippen LogP contribution in [0.5, 0.6) is 11.5 Å². The number of methoxy groups -OCH3 is 1. The van der Waals surface area contributed by atoms with Gasteiger partial charge in [0, 0.05) is 10.9 Å². The van der Waals surface area contributed by atoms with Gasteiger partial charge in [-0.3, -0.25) is 4.79 Å². The van der Waals surface area contributed by atoms with Crippen molar-refractivity contribution < 1.29 is 23.0 Å². The van der Waals surface area contributed by atoms with Crippen LogP contribution in [0.4, 0.5) is 13.9 Å². The molecule has 0 atom stereocenters. The summed E-state index contributed by atoms with van der Waals surface area (Å²) in [7, 11) is 1.60. The number of hydrogen-bond acceptors (Lipinski definition) is 5. The Bertz CT molecular complexity index is 958. The average molecular weight is 404 g/mol. The smallest absolute Gasteiger partial charge is 0.387 e. The Morgan fingerprint density at radius 3 is 2.64 bits per heavy atom. The fraction of sp³-hybridized carbons (Fsp3) is 0.200. The lowest BCUT2D eigenvalue weighted by molar-refractivity contribution is -0.115. The van der Waals surface area contributed by atoms with Crippen LogP contribution in [-0.4, -0.2) is 24.6 Å². The summed E-state index contributed by atoms with van der Waals surface area (Å²) in [6, 6.07) is 11.8. The molecule has 0 saturated carbocycles. The highest BCUT2D eigenvalue weighted by Gasteiger charge is 2.13. The van der Waals surface area contributed by atoms with Gasteiger partial charge in [0.25, 0.3) is 0 Å². The molecule has 0 spiro atoms. The van der Waals surface area contributed by atoms with Crippen molar-refractivity contribution in [2.75, 3.05) is 12.4 Å². The van der Waals surface area contributed by atoms with Gasteiger partial charge in [-0.25, -0.2) is 4.98 Å². The molecule has 1 N–H and O–H groups in total. The Morgan fingerprint density at radius 1 is 1.21 bits per heavy atom. The maximum atomic E-state index is 12.2. The van der Waals surface area contributed by atoms with Crippen LogP contribution in [-0.2, 0) is 11.2 Å². The van der Waals surface area contributed by atoms with Crippen LogP contribution in [0.15, 0.2) is 47.8 Å². The van der Waals surface area contributed by atoms with E-state index in [1.807, 2.05) is 30.5 Å². The number of nitrogens with zero attached hydrogens (tertiary/aromatic N) is 1. The van der Waals surface area contributed by atoms with E-state index < -0.39 is 6.61 Å². The number of halogens is 2. The van der Waals surface area contributed by atoms with Crippen molar-refractivity contribution in [1.29, 1.82) is 0 Å². The van der Waals surface area contributed by atoms with Crippen molar-refractivity contribution in [1.82, 2.24) is 4.98 Å². The van der Waals surface area contributed by atoms with E-state index in [9.17, 15) is 13.6 Å². The second-order valence-corrected chi connectivity index (χ2v) is 6.85. The number of aryl methyl sites for hydroxylation is 1. The van der Waals surface area contributed by atoms with Crippen molar-refractivity contribution in [3.63, 3.8) is 0 Å². The van der Waals surface area contributed by atoms with E-state index in [0.717, 1.165) is 11.1 Å². The second-order valence-electron chi connectivity index (χ2n) is 5.99. The molecule has 0 bridgehead atoms. The lowest BCUT2D eigenvalue weighted by Gasteiger charge is -2.07. The number of hydrogen-bond donors (Lipinski definition) is 1. The average Bonchev–Trinajstić information content (AvgIpc) is 3.11. The minimum Gasteiger partial charge on any atom is -0.496 e. The van der Waals surface area contributed by atoms with Gasteiger partial charge in [-0.05, 0) is 36.8 Å². The standard InChI is InChI=1S/C20H18F2N2O3S/c1-12-3-8-17(26-2)15(9-12)16-11-28-20(23-16)24-18(25)10-13-4-6-14(7-5-13)27-19(21)22/h3-9,11,19H,10H2,1-2H3,(H,23,24,25). The number of rotatable bonds is 7. The van der Waals surface area contributed by atoms with E-state index in [1.54, 1.807) is 19.2 Å². The summed E-state index contributed by atoms with van der Waals surface area (Å²) in [4.78, 5) is 16.7. The van der Waals surface area contributed by atoms with Crippen molar-refractivity contribution in [2.24, 2.45) is 0 Å². The highest BCUT2D eigenvalue weighted by atomic mass is 32.1. The van der Waals surface area contributed by atoms with Crippen LogP contribution in [0.1, 0.15) is 11.1 Å². The molecule has 0 aliphatic heterocycles. The van der Waals surface area contributed by atoms with Crippen LogP contribution in [0.25, 0.3) is 11.3 Å². The first-order chi connectivity index (χ1) is 13.4. The maximum absolute atomic E-state index is 12.2. The third-order valence-corrected chi connectivity index (χ3v) is 4.65. The molecule has 0 radical (unpaired) electrons. The summed E-state index contributed by atoms with van der Waals surface area (Å²) < 4.78 is 34.0. The Hall–Kier alpha value is -3.00. The van der Waals surface area contributed by atoms with Crippen molar-refractivity contribution in [2.45, 2.75) is 20.0 Å². The van der Waals surface area contributed by atoms with Gasteiger partial charge in [0.2, 0.25) is 5.91 Å². The Labute approximate surface area is 164 Å². The summed E-state index contributed by atoms with van der Waals surface area (Å²) >= 11 is 1.32. The minimum atomic E-state index is -2.87. The third-order valence-electron chi connectivity index (χ3n) is 3.89. The third kappa shape index (κ3) is 5.04. The predicted octanol–water partition coefficient (Wildman–Crippen LogP) is 4.91. The summed E-state index contributed by atoms with van der Waals surface area (Å²) in [6.45, 7) is -0.893. The number of anilines is 1. The Kier molecular flexibility index (Phi) is 6.20. The molecule has 0 aliphatic rings. The summed E-state index contributed by atoms with van der Waals surface area (Å²) in [5.74, 6) is 0.510. The summed E-state index contributed by atoms with van der Waals surface area (Å²) in [5.41, 5.74) is 3.33. The number of nitrogens with one attached hydrogen (secondary N) is 1. The lowest BCUT2D eigenvalue weighted by atomic mass is 10.1. The van der Waals surface area contributed by atoms with Crippen molar-refractivity contribution in [3.8, 4) is 22.8 Å². The predicted molar refractivity (Wildman–Crippen MR) is 104 cm³/mol. The first-order valence-electron chi connectivity index (χ1n) is 8.38. The zero-order valence-corrected chi connectivity index (χ0v) is 16.1. The van der Waals surface area contributed by atoms with E-state index in [0.29, 0.717) is 22.1 Å². The SMILES string of the molecule is COc1ccc(C)cc1-c1csc(NC(=O)Cc2ccc(OC(F)F)cc2)n1. The quantitative estimate of drug-likeness (QED) is 0.608. The summed E-state index contributed by atoms with van der Waals surface area (Å²) in [5, 5.41) is 5.08. The number of ether oxygens (including phenoxy) is 2. The Balaban J connectivity index is 1.65. The van der Waals surface area contributed by atoms with Crippen LogP contribution >= 0.6 is 11.3 Å². The zero-order chi connectivity index (χ0) is 20.1. The van der Waals surface area contributed by atoms with Crippen LogP contribution < -0.4 is 14.8 Å². The van der Waals surface area contributed by atoms with Crippen molar-refractivity contribution in [3.05, 3.63) is 59.0 Å². The molecule has 2 aromatic carbocycles. The molecule has 146 valence electrons. The van der Waals surface area contributed by atoms with E-state index >= 15 is 0 Å². The molecule has 1 heterocycles. The highest BCUT2D eigenvalue weighted by molar-refractivity contribution is 7.14. The van der Waals surface area contributed by atoms with Gasteiger partial charge in [-0.1, -0.05) is 23.8 Å². The van der Waals surface area contributed by atoms with Gasteiger partial charge in [-0.15, -0.1) is 11.3 Å². The van der Waals surface area contributed by atoms with Crippen LogP contribution in [0.2, 0.25) is 0 Å². The molecule has 1 amide bonds. The fourth-order valence-electron chi connectivity index (χ4n) is 2.61. The number of benzene rings is 2. The summed E-state index contributed by atoms with van der Waals surface area (Å²) in [6.07, 6.45) is 0.0949. The van der Waals surface area contributed by atoms with Gasteiger partial charge in [-0.2, -0.15) is 8.78 Å².